The van der Waals surface area contributed by atoms with Crippen molar-refractivity contribution in [2.75, 3.05) is 0 Å². The van der Waals surface area contributed by atoms with E-state index in [0.717, 1.165) is 11.3 Å². The van der Waals surface area contributed by atoms with Crippen LogP contribution in [-0.4, -0.2) is 20.3 Å². The third-order valence-electron chi connectivity index (χ3n) is 1.75. The molecule has 0 aliphatic carbocycles. The lowest BCUT2D eigenvalue weighted by atomic mass is 10.3. The van der Waals surface area contributed by atoms with Gasteiger partial charge in [0, 0.05) is 12.4 Å². The zero-order valence-corrected chi connectivity index (χ0v) is 6.84. The standard InChI is InChI=1S/C8H8N4O/c9-7(13)3-6-4-11-8-1-2-10-5-12(6)8/h1-2,4-5H,3H2,(H2,9,13). The first-order chi connectivity index (χ1) is 6.27. The van der Waals surface area contributed by atoms with Gasteiger partial charge in [-0.3, -0.25) is 9.20 Å². The first-order valence-corrected chi connectivity index (χ1v) is 3.81. The molecule has 2 N–H and O–H groups in total. The van der Waals surface area contributed by atoms with Gasteiger partial charge >= 0.3 is 0 Å². The molecule has 1 amide bonds. The number of fused-ring (bicyclic) bond motifs is 1. The predicted octanol–water partition coefficient (Wildman–Crippen LogP) is -0.243. The van der Waals surface area contributed by atoms with Crippen LogP contribution in [0.4, 0.5) is 0 Å². The van der Waals surface area contributed by atoms with Crippen LogP contribution < -0.4 is 5.73 Å². The van der Waals surface area contributed by atoms with Crippen LogP contribution in [0.2, 0.25) is 0 Å². The minimum atomic E-state index is -0.370. The average Bonchev–Trinajstić information content (AvgIpc) is 2.48. The van der Waals surface area contributed by atoms with E-state index >= 15 is 0 Å². The zero-order chi connectivity index (χ0) is 9.26. The van der Waals surface area contributed by atoms with Gasteiger partial charge in [0.05, 0.1) is 12.1 Å². The zero-order valence-electron chi connectivity index (χ0n) is 6.84. The number of rotatable bonds is 2. The molecule has 0 aliphatic rings. The van der Waals surface area contributed by atoms with E-state index < -0.39 is 0 Å². The summed E-state index contributed by atoms with van der Waals surface area (Å²) in [4.78, 5) is 18.7. The van der Waals surface area contributed by atoms with Crippen LogP contribution >= 0.6 is 0 Å². The molecule has 0 spiro atoms. The molecular weight excluding hydrogens is 168 g/mol. The Bertz CT molecular complexity index is 448. The molecule has 5 heteroatoms. The number of carbonyl (C=O) groups is 1. The molecule has 2 heterocycles. The molecule has 2 aromatic rings. The number of imidazole rings is 1. The van der Waals surface area contributed by atoms with Gasteiger partial charge in [-0.25, -0.2) is 9.97 Å². The molecule has 66 valence electrons. The Morgan fingerprint density at radius 3 is 3.23 bits per heavy atom. The van der Waals surface area contributed by atoms with Crippen LogP contribution in [0.15, 0.2) is 24.8 Å². The fourth-order valence-electron chi connectivity index (χ4n) is 1.19. The molecule has 0 unspecified atom stereocenters. The van der Waals surface area contributed by atoms with Crippen molar-refractivity contribution in [2.45, 2.75) is 6.42 Å². The van der Waals surface area contributed by atoms with E-state index in [0.29, 0.717) is 0 Å². The van der Waals surface area contributed by atoms with Gasteiger partial charge in [-0.2, -0.15) is 0 Å². The van der Waals surface area contributed by atoms with E-state index in [1.54, 1.807) is 29.2 Å². The Morgan fingerprint density at radius 1 is 1.62 bits per heavy atom. The second-order valence-electron chi connectivity index (χ2n) is 2.70. The van der Waals surface area contributed by atoms with E-state index in [9.17, 15) is 4.79 Å². The molecule has 0 fully saturated rings. The number of nitrogens with zero attached hydrogens (tertiary/aromatic N) is 3. The summed E-state index contributed by atoms with van der Waals surface area (Å²) in [5.74, 6) is -0.370. The first kappa shape index (κ1) is 7.72. The van der Waals surface area contributed by atoms with Gasteiger partial charge < -0.3 is 5.73 Å². The summed E-state index contributed by atoms with van der Waals surface area (Å²) in [6, 6.07) is 1.77. The van der Waals surface area contributed by atoms with Crippen LogP contribution in [0, 0.1) is 0 Å². The summed E-state index contributed by atoms with van der Waals surface area (Å²) < 4.78 is 1.74. The lowest BCUT2D eigenvalue weighted by molar-refractivity contribution is -0.117. The van der Waals surface area contributed by atoms with Gasteiger partial charge in [0.1, 0.15) is 12.0 Å². The van der Waals surface area contributed by atoms with Crippen molar-refractivity contribution >= 4 is 11.6 Å². The van der Waals surface area contributed by atoms with E-state index in [2.05, 4.69) is 9.97 Å². The molecule has 2 rings (SSSR count). The molecule has 2 aromatic heterocycles. The largest absolute Gasteiger partial charge is 0.369 e. The molecule has 0 bridgehead atoms. The maximum absolute atomic E-state index is 10.7. The van der Waals surface area contributed by atoms with E-state index in [4.69, 9.17) is 5.73 Å². The molecule has 5 nitrogen and oxygen atoms in total. The second kappa shape index (κ2) is 2.85. The number of amides is 1. The molecule has 0 aromatic carbocycles. The smallest absolute Gasteiger partial charge is 0.223 e. The molecule has 0 aliphatic heterocycles. The number of nitrogens with two attached hydrogens (primary N) is 1. The van der Waals surface area contributed by atoms with Crippen molar-refractivity contribution < 1.29 is 4.79 Å². The minimum Gasteiger partial charge on any atom is -0.369 e. The highest BCUT2D eigenvalue weighted by molar-refractivity contribution is 5.76. The maximum Gasteiger partial charge on any atom is 0.223 e. The molecule has 0 radical (unpaired) electrons. The Morgan fingerprint density at radius 2 is 2.46 bits per heavy atom. The molecule has 13 heavy (non-hydrogen) atoms. The quantitative estimate of drug-likeness (QED) is 0.686. The summed E-state index contributed by atoms with van der Waals surface area (Å²) in [6.45, 7) is 0. The lowest BCUT2D eigenvalue weighted by Gasteiger charge is -1.96. The van der Waals surface area contributed by atoms with Crippen LogP contribution in [0.5, 0.6) is 0 Å². The monoisotopic (exact) mass is 176 g/mol. The van der Waals surface area contributed by atoms with Crippen molar-refractivity contribution in [1.29, 1.82) is 0 Å². The van der Waals surface area contributed by atoms with Crippen molar-refractivity contribution in [3.8, 4) is 0 Å². The fourth-order valence-corrected chi connectivity index (χ4v) is 1.19. The first-order valence-electron chi connectivity index (χ1n) is 3.81. The predicted molar refractivity (Wildman–Crippen MR) is 45.9 cm³/mol. The van der Waals surface area contributed by atoms with Crippen molar-refractivity contribution in [3.05, 3.63) is 30.5 Å². The Hall–Kier alpha value is -1.91. The van der Waals surface area contributed by atoms with Crippen LogP contribution in [-0.2, 0) is 11.2 Å². The van der Waals surface area contributed by atoms with E-state index in [-0.39, 0.29) is 12.3 Å². The van der Waals surface area contributed by atoms with Crippen molar-refractivity contribution in [1.82, 2.24) is 14.4 Å². The molecular formula is C8H8N4O. The number of hydrogen-bond donors (Lipinski definition) is 1. The van der Waals surface area contributed by atoms with Gasteiger partial charge in [-0.05, 0) is 6.07 Å². The summed E-state index contributed by atoms with van der Waals surface area (Å²) in [6.07, 6.45) is 5.08. The highest BCUT2D eigenvalue weighted by Gasteiger charge is 2.04. The van der Waals surface area contributed by atoms with E-state index in [1.807, 2.05) is 0 Å². The van der Waals surface area contributed by atoms with Crippen molar-refractivity contribution in [2.24, 2.45) is 5.73 Å². The second-order valence-corrected chi connectivity index (χ2v) is 2.70. The minimum absolute atomic E-state index is 0.187. The summed E-state index contributed by atoms with van der Waals surface area (Å²) in [5, 5.41) is 0. The maximum atomic E-state index is 10.7. The van der Waals surface area contributed by atoms with Crippen LogP contribution in [0.1, 0.15) is 5.69 Å². The summed E-state index contributed by atoms with van der Waals surface area (Å²) in [5.41, 5.74) is 6.60. The van der Waals surface area contributed by atoms with Gasteiger partial charge in [-0.1, -0.05) is 0 Å². The topological polar surface area (TPSA) is 73.3 Å². The molecule has 0 atom stereocenters. The highest BCUT2D eigenvalue weighted by Crippen LogP contribution is 2.04. The summed E-state index contributed by atoms with van der Waals surface area (Å²) >= 11 is 0. The Labute approximate surface area is 74.2 Å². The van der Waals surface area contributed by atoms with Crippen LogP contribution in [0.3, 0.4) is 0 Å². The van der Waals surface area contributed by atoms with Gasteiger partial charge in [0.2, 0.25) is 5.91 Å². The van der Waals surface area contributed by atoms with Crippen LogP contribution in [0.25, 0.3) is 5.65 Å². The average molecular weight is 176 g/mol. The van der Waals surface area contributed by atoms with Gasteiger partial charge in [-0.15, -0.1) is 0 Å². The number of primary amides is 1. The highest BCUT2D eigenvalue weighted by atomic mass is 16.1. The van der Waals surface area contributed by atoms with Gasteiger partial charge in [0.15, 0.2) is 0 Å². The fraction of sp³-hybridized carbons (Fsp3) is 0.125. The van der Waals surface area contributed by atoms with Crippen molar-refractivity contribution in [3.63, 3.8) is 0 Å². The summed E-state index contributed by atoms with van der Waals surface area (Å²) in [7, 11) is 0. The third kappa shape index (κ3) is 1.35. The van der Waals surface area contributed by atoms with E-state index in [1.165, 1.54) is 0 Å². The SMILES string of the molecule is NC(=O)Cc1cnc2ccncn12. The number of hydrogen-bond acceptors (Lipinski definition) is 3. The molecule has 0 saturated heterocycles. The number of aromatic nitrogens is 3. The normalized spacial score (nSPS) is 10.5. The lowest BCUT2D eigenvalue weighted by Crippen LogP contribution is -2.14. The Balaban J connectivity index is 2.51. The molecule has 0 saturated carbocycles. The van der Waals surface area contributed by atoms with Gasteiger partial charge in [0.25, 0.3) is 0 Å². The Kier molecular flexibility index (Phi) is 1.70. The number of carbonyl (C=O) groups excluding carboxylic acids is 1. The third-order valence-corrected chi connectivity index (χ3v) is 1.75.